The van der Waals surface area contributed by atoms with Crippen molar-refractivity contribution in [3.05, 3.63) is 87.8 Å². The fourth-order valence-corrected chi connectivity index (χ4v) is 5.86. The van der Waals surface area contributed by atoms with E-state index in [0.717, 1.165) is 53.0 Å². The van der Waals surface area contributed by atoms with Gasteiger partial charge in [0.1, 0.15) is 11.3 Å². The number of rotatable bonds is 6. The summed E-state index contributed by atoms with van der Waals surface area (Å²) in [5.74, 6) is 7.06. The van der Waals surface area contributed by atoms with Crippen LogP contribution in [-0.2, 0) is 7.05 Å². The molecule has 0 atom stereocenters. The van der Waals surface area contributed by atoms with Crippen molar-refractivity contribution in [3.63, 3.8) is 0 Å². The average molecular weight is 576 g/mol. The highest BCUT2D eigenvalue weighted by Crippen LogP contribution is 2.35. The summed E-state index contributed by atoms with van der Waals surface area (Å²) in [7, 11) is 1.68. The third kappa shape index (κ3) is 6.65. The third-order valence-corrected chi connectivity index (χ3v) is 8.13. The summed E-state index contributed by atoms with van der Waals surface area (Å²) >= 11 is 0. The number of carbonyl (C=O) groups excluding carboxylic acids is 1. The maximum Gasteiger partial charge on any atom is 0.323 e. The number of piperidine rings is 1. The van der Waals surface area contributed by atoms with Crippen LogP contribution < -0.4 is 16.2 Å². The Bertz CT molecular complexity index is 1730. The van der Waals surface area contributed by atoms with E-state index in [9.17, 15) is 9.59 Å². The second-order valence-electron chi connectivity index (χ2n) is 11.9. The molecule has 0 radical (unpaired) electrons. The van der Waals surface area contributed by atoms with Gasteiger partial charge in [0.15, 0.2) is 0 Å². The van der Waals surface area contributed by atoms with E-state index in [1.165, 1.54) is 23.8 Å². The highest BCUT2D eigenvalue weighted by molar-refractivity contribution is 6.07. The van der Waals surface area contributed by atoms with Gasteiger partial charge in [-0.15, -0.1) is 0 Å². The third-order valence-electron chi connectivity index (χ3n) is 8.13. The predicted octanol–water partition coefficient (Wildman–Crippen LogP) is 7.33. The molecule has 43 heavy (non-hydrogen) atoms. The number of hydrogen-bond acceptors (Lipinski definition) is 4. The summed E-state index contributed by atoms with van der Waals surface area (Å²) < 4.78 is 1.48. The van der Waals surface area contributed by atoms with E-state index in [0.29, 0.717) is 11.2 Å². The Morgan fingerprint density at radius 2 is 1.58 bits per heavy atom. The second kappa shape index (κ2) is 13.3. The summed E-state index contributed by atoms with van der Waals surface area (Å²) in [6, 6.07) is 17.3. The molecule has 222 valence electrons. The molecule has 0 saturated carbocycles. The number of aromatic nitrogens is 2. The van der Waals surface area contributed by atoms with E-state index in [2.05, 4.69) is 60.1 Å². The molecule has 4 aromatic rings. The highest BCUT2D eigenvalue weighted by atomic mass is 16.2. The molecule has 2 aromatic carbocycles. The molecule has 5 rings (SSSR count). The Balaban J connectivity index is 1.55. The van der Waals surface area contributed by atoms with Crippen molar-refractivity contribution in [2.75, 3.05) is 30.3 Å². The van der Waals surface area contributed by atoms with Crippen molar-refractivity contribution >= 4 is 28.4 Å². The van der Waals surface area contributed by atoms with Crippen LogP contribution in [0.15, 0.2) is 65.6 Å². The average Bonchev–Trinajstić information content (AvgIpc) is 3.00. The zero-order chi connectivity index (χ0) is 30.5. The SMILES string of the molecule is CC(C)c1cccc(C(C)C)c1NC(=O)Nc1c(-c2cccc(C#CCN3CCCCC3)c2)c2cccnc2n(C)c1=O. The number of aryl methyl sites for hydroxylation is 1. The molecule has 1 saturated heterocycles. The van der Waals surface area contributed by atoms with Crippen molar-refractivity contribution in [2.24, 2.45) is 7.05 Å². The lowest BCUT2D eigenvalue weighted by atomic mass is 9.93. The van der Waals surface area contributed by atoms with Crippen LogP contribution in [0.2, 0.25) is 0 Å². The fraction of sp³-hybridized carbons (Fsp3) is 0.361. The number of amides is 2. The van der Waals surface area contributed by atoms with Crippen molar-refractivity contribution in [3.8, 4) is 23.0 Å². The first kappa shape index (κ1) is 30.1. The van der Waals surface area contributed by atoms with Gasteiger partial charge in [-0.2, -0.15) is 0 Å². The molecule has 7 heteroatoms. The van der Waals surface area contributed by atoms with E-state index >= 15 is 0 Å². The molecule has 0 aliphatic carbocycles. The van der Waals surface area contributed by atoms with Crippen LogP contribution in [0.5, 0.6) is 0 Å². The number of anilines is 2. The smallest absolute Gasteiger partial charge is 0.307 e. The number of likely N-dealkylation sites (tertiary alicyclic amines) is 1. The molecule has 2 N–H and O–H groups in total. The topological polar surface area (TPSA) is 79.3 Å². The molecule has 7 nitrogen and oxygen atoms in total. The molecular weight excluding hydrogens is 534 g/mol. The van der Waals surface area contributed by atoms with Gasteiger partial charge in [0, 0.05) is 35.4 Å². The number of hydrogen-bond donors (Lipinski definition) is 2. The lowest BCUT2D eigenvalue weighted by Gasteiger charge is -2.23. The normalized spacial score (nSPS) is 13.7. The minimum absolute atomic E-state index is 0.201. The molecule has 0 bridgehead atoms. The van der Waals surface area contributed by atoms with E-state index in [-0.39, 0.29) is 23.1 Å². The first-order valence-electron chi connectivity index (χ1n) is 15.2. The molecule has 0 spiro atoms. The summed E-state index contributed by atoms with van der Waals surface area (Å²) in [6.45, 7) is 11.4. The van der Waals surface area contributed by atoms with Crippen molar-refractivity contribution in [1.82, 2.24) is 14.5 Å². The minimum atomic E-state index is -0.464. The van der Waals surface area contributed by atoms with Crippen LogP contribution in [0.25, 0.3) is 22.2 Å². The number of urea groups is 1. The van der Waals surface area contributed by atoms with Gasteiger partial charge in [0.2, 0.25) is 0 Å². The van der Waals surface area contributed by atoms with Gasteiger partial charge >= 0.3 is 6.03 Å². The maximum absolute atomic E-state index is 13.8. The van der Waals surface area contributed by atoms with Gasteiger partial charge in [-0.3, -0.25) is 14.3 Å². The summed E-state index contributed by atoms with van der Waals surface area (Å²) in [5.41, 5.74) is 5.57. The molecule has 2 aromatic heterocycles. The Morgan fingerprint density at radius 3 is 2.28 bits per heavy atom. The summed E-state index contributed by atoms with van der Waals surface area (Å²) in [5, 5.41) is 6.80. The first-order valence-corrected chi connectivity index (χ1v) is 15.2. The first-order chi connectivity index (χ1) is 20.7. The Hall–Kier alpha value is -4.41. The molecule has 1 fully saturated rings. The molecule has 2 amide bonds. The number of benzene rings is 2. The van der Waals surface area contributed by atoms with Crippen molar-refractivity contribution in [1.29, 1.82) is 0 Å². The molecule has 3 heterocycles. The number of para-hydroxylation sites is 1. The number of carbonyl (C=O) groups is 1. The number of nitrogens with one attached hydrogen (secondary N) is 2. The van der Waals surface area contributed by atoms with Gasteiger partial charge in [-0.1, -0.05) is 76.3 Å². The lowest BCUT2D eigenvalue weighted by molar-refractivity contribution is 0.255. The lowest BCUT2D eigenvalue weighted by Crippen LogP contribution is -2.29. The van der Waals surface area contributed by atoms with Crippen LogP contribution in [0.3, 0.4) is 0 Å². The van der Waals surface area contributed by atoms with Gasteiger partial charge in [0.25, 0.3) is 5.56 Å². The Kier molecular flexibility index (Phi) is 9.27. The number of pyridine rings is 2. The molecule has 1 aliphatic heterocycles. The standard InChI is InChI=1S/C36H41N5O2/c1-24(2)28-16-10-17-29(25(3)4)32(28)38-36(43)39-33-31(30-18-11-19-37-34(30)40(5)35(33)42)27-15-9-13-26(23-27)14-12-22-41-20-7-6-8-21-41/h9-11,13,15-19,23-25H,6-8,20-22H2,1-5H3,(H2,38,39,43). The Labute approximate surface area is 254 Å². The Morgan fingerprint density at radius 1 is 0.907 bits per heavy atom. The number of fused-ring (bicyclic) bond motifs is 1. The fourth-order valence-electron chi connectivity index (χ4n) is 5.86. The largest absolute Gasteiger partial charge is 0.323 e. The predicted molar refractivity (Wildman–Crippen MR) is 177 cm³/mol. The highest BCUT2D eigenvalue weighted by Gasteiger charge is 2.22. The minimum Gasteiger partial charge on any atom is -0.307 e. The summed E-state index contributed by atoms with van der Waals surface area (Å²) in [6.07, 6.45) is 5.42. The van der Waals surface area contributed by atoms with Crippen LogP contribution in [0.4, 0.5) is 16.2 Å². The van der Waals surface area contributed by atoms with E-state index in [4.69, 9.17) is 0 Å². The van der Waals surface area contributed by atoms with Crippen molar-refractivity contribution < 1.29 is 4.79 Å². The monoisotopic (exact) mass is 575 g/mol. The van der Waals surface area contributed by atoms with Gasteiger partial charge in [0.05, 0.1) is 6.54 Å². The van der Waals surface area contributed by atoms with Crippen LogP contribution in [-0.4, -0.2) is 40.1 Å². The molecular formula is C36H41N5O2. The molecule has 0 unspecified atom stereocenters. The zero-order valence-corrected chi connectivity index (χ0v) is 25.8. The maximum atomic E-state index is 13.8. The number of nitrogens with zero attached hydrogens (tertiary/aromatic N) is 3. The second-order valence-corrected chi connectivity index (χ2v) is 11.9. The quantitative estimate of drug-likeness (QED) is 0.236. The van der Waals surface area contributed by atoms with Crippen molar-refractivity contribution in [2.45, 2.75) is 58.8 Å². The van der Waals surface area contributed by atoms with E-state index in [1.54, 1.807) is 13.2 Å². The van der Waals surface area contributed by atoms with Gasteiger partial charge < -0.3 is 10.6 Å². The van der Waals surface area contributed by atoms with E-state index in [1.807, 2.05) is 54.6 Å². The van der Waals surface area contributed by atoms with Crippen LogP contribution in [0, 0.1) is 11.8 Å². The zero-order valence-electron chi connectivity index (χ0n) is 25.8. The van der Waals surface area contributed by atoms with Gasteiger partial charge in [-0.25, -0.2) is 9.78 Å². The van der Waals surface area contributed by atoms with Crippen LogP contribution >= 0.6 is 0 Å². The van der Waals surface area contributed by atoms with Crippen LogP contribution in [0.1, 0.15) is 75.5 Å². The molecule has 1 aliphatic rings. The van der Waals surface area contributed by atoms with Gasteiger partial charge in [-0.05, 0) is 78.7 Å². The summed E-state index contributed by atoms with van der Waals surface area (Å²) in [4.78, 5) is 34.3. The van der Waals surface area contributed by atoms with E-state index < -0.39 is 6.03 Å².